The van der Waals surface area contributed by atoms with Crippen molar-refractivity contribution in [3.63, 3.8) is 0 Å². The molecule has 3 nitrogen and oxygen atoms in total. The molecule has 0 bridgehead atoms. The lowest BCUT2D eigenvalue weighted by atomic mass is 10.2. The van der Waals surface area contributed by atoms with E-state index in [1.165, 1.54) is 0 Å². The van der Waals surface area contributed by atoms with E-state index in [0.717, 1.165) is 6.08 Å². The first kappa shape index (κ1) is 10.8. The number of aliphatic hydroxyl groups is 1. The third-order valence-corrected chi connectivity index (χ3v) is 1.18. The molecule has 0 radical (unpaired) electrons. The third-order valence-electron chi connectivity index (χ3n) is 1.18. The number of carbonyl (C=O) groups is 1. The van der Waals surface area contributed by atoms with Crippen molar-refractivity contribution in [2.75, 3.05) is 6.61 Å². The molecule has 0 rings (SSSR count). The molecule has 0 saturated heterocycles. The molecule has 0 aromatic rings. The van der Waals surface area contributed by atoms with Gasteiger partial charge in [0.2, 0.25) is 0 Å². The SMILES string of the molecule is C=CCC/C(O)=C/C(=O)OCC. The van der Waals surface area contributed by atoms with Crippen LogP contribution in [-0.2, 0) is 9.53 Å². The Kier molecular flexibility index (Phi) is 5.79. The first-order chi connectivity index (χ1) is 5.70. The Morgan fingerprint density at radius 2 is 2.33 bits per heavy atom. The summed E-state index contributed by atoms with van der Waals surface area (Å²) in [5.41, 5.74) is 0. The zero-order chi connectivity index (χ0) is 9.40. The molecule has 0 aromatic carbocycles. The van der Waals surface area contributed by atoms with E-state index in [-0.39, 0.29) is 5.76 Å². The number of allylic oxidation sites excluding steroid dienone is 2. The van der Waals surface area contributed by atoms with Gasteiger partial charge in [0.15, 0.2) is 0 Å². The fourth-order valence-corrected chi connectivity index (χ4v) is 0.642. The van der Waals surface area contributed by atoms with E-state index in [1.54, 1.807) is 13.0 Å². The summed E-state index contributed by atoms with van der Waals surface area (Å²) in [6.45, 7) is 5.53. The summed E-state index contributed by atoms with van der Waals surface area (Å²) < 4.78 is 4.59. The van der Waals surface area contributed by atoms with Gasteiger partial charge < -0.3 is 9.84 Å². The molecule has 0 aliphatic carbocycles. The molecule has 1 N–H and O–H groups in total. The molecule has 0 atom stereocenters. The Labute approximate surface area is 72.3 Å². The topological polar surface area (TPSA) is 46.5 Å². The molecule has 0 fully saturated rings. The van der Waals surface area contributed by atoms with Gasteiger partial charge in [0.25, 0.3) is 0 Å². The first-order valence-electron chi connectivity index (χ1n) is 3.88. The standard InChI is InChI=1S/C9H14O3/c1-3-5-6-8(10)7-9(11)12-4-2/h3,7,10H,1,4-6H2,2H3/b8-7-. The summed E-state index contributed by atoms with van der Waals surface area (Å²) in [5, 5.41) is 9.09. The van der Waals surface area contributed by atoms with E-state index < -0.39 is 5.97 Å². The Bertz CT molecular complexity index is 182. The van der Waals surface area contributed by atoms with Gasteiger partial charge in [0, 0.05) is 6.42 Å². The highest BCUT2D eigenvalue weighted by molar-refractivity contribution is 5.82. The van der Waals surface area contributed by atoms with E-state index in [4.69, 9.17) is 5.11 Å². The minimum absolute atomic E-state index is 0.0355. The van der Waals surface area contributed by atoms with Crippen molar-refractivity contribution < 1.29 is 14.6 Å². The van der Waals surface area contributed by atoms with E-state index in [0.29, 0.717) is 19.4 Å². The Morgan fingerprint density at radius 1 is 1.67 bits per heavy atom. The van der Waals surface area contributed by atoms with Crippen molar-refractivity contribution in [2.24, 2.45) is 0 Å². The van der Waals surface area contributed by atoms with Gasteiger partial charge in [0.05, 0.1) is 18.4 Å². The molecule has 0 aromatic heterocycles. The zero-order valence-electron chi connectivity index (χ0n) is 7.25. The van der Waals surface area contributed by atoms with Crippen LogP contribution in [0.1, 0.15) is 19.8 Å². The van der Waals surface area contributed by atoms with Gasteiger partial charge in [0.1, 0.15) is 0 Å². The van der Waals surface area contributed by atoms with Crippen LogP contribution in [0.2, 0.25) is 0 Å². The fourth-order valence-electron chi connectivity index (χ4n) is 0.642. The van der Waals surface area contributed by atoms with Crippen LogP contribution in [0.3, 0.4) is 0 Å². The lowest BCUT2D eigenvalue weighted by molar-refractivity contribution is -0.137. The van der Waals surface area contributed by atoms with Gasteiger partial charge in [-0.2, -0.15) is 0 Å². The fraction of sp³-hybridized carbons (Fsp3) is 0.444. The molecule has 3 heteroatoms. The highest BCUT2D eigenvalue weighted by atomic mass is 16.5. The van der Waals surface area contributed by atoms with Crippen molar-refractivity contribution in [3.05, 3.63) is 24.5 Å². The molecule has 0 aliphatic heterocycles. The van der Waals surface area contributed by atoms with E-state index in [2.05, 4.69) is 11.3 Å². The minimum Gasteiger partial charge on any atom is -0.512 e. The molecule has 0 amide bonds. The molecule has 12 heavy (non-hydrogen) atoms. The van der Waals surface area contributed by atoms with Crippen molar-refractivity contribution >= 4 is 5.97 Å². The number of carbonyl (C=O) groups excluding carboxylic acids is 1. The van der Waals surface area contributed by atoms with Crippen LogP contribution in [0, 0.1) is 0 Å². The number of rotatable bonds is 5. The second-order valence-electron chi connectivity index (χ2n) is 2.22. The summed E-state index contributed by atoms with van der Waals surface area (Å²) >= 11 is 0. The number of hydrogen-bond acceptors (Lipinski definition) is 3. The van der Waals surface area contributed by atoms with Gasteiger partial charge in [-0.1, -0.05) is 6.08 Å². The Balaban J connectivity index is 3.80. The van der Waals surface area contributed by atoms with Gasteiger partial charge in [-0.15, -0.1) is 6.58 Å². The van der Waals surface area contributed by atoms with Gasteiger partial charge in [-0.3, -0.25) is 0 Å². The molecule has 0 aliphatic rings. The second kappa shape index (κ2) is 6.46. The van der Waals surface area contributed by atoms with Crippen molar-refractivity contribution in [3.8, 4) is 0 Å². The summed E-state index contributed by atoms with van der Waals surface area (Å²) in [5.74, 6) is -0.465. The number of ether oxygens (including phenoxy) is 1. The molecule has 68 valence electrons. The smallest absolute Gasteiger partial charge is 0.334 e. The van der Waals surface area contributed by atoms with Gasteiger partial charge in [-0.05, 0) is 13.3 Å². The highest BCUT2D eigenvalue weighted by Gasteiger charge is 1.98. The van der Waals surface area contributed by atoms with Crippen LogP contribution in [0.4, 0.5) is 0 Å². The average Bonchev–Trinajstić information content (AvgIpc) is 2.01. The summed E-state index contributed by atoms with van der Waals surface area (Å²) in [6, 6.07) is 0. The third kappa shape index (κ3) is 5.53. The lowest BCUT2D eigenvalue weighted by Crippen LogP contribution is -2.00. The van der Waals surface area contributed by atoms with Crippen LogP contribution in [0.25, 0.3) is 0 Å². The van der Waals surface area contributed by atoms with Crippen molar-refractivity contribution in [1.82, 2.24) is 0 Å². The summed E-state index contributed by atoms with van der Waals surface area (Å²) in [4.78, 5) is 10.7. The predicted molar refractivity (Wildman–Crippen MR) is 46.8 cm³/mol. The van der Waals surface area contributed by atoms with Crippen molar-refractivity contribution in [1.29, 1.82) is 0 Å². The van der Waals surface area contributed by atoms with Gasteiger partial charge in [-0.25, -0.2) is 4.79 Å². The molecular weight excluding hydrogens is 156 g/mol. The van der Waals surface area contributed by atoms with Crippen LogP contribution < -0.4 is 0 Å². The molecule has 0 heterocycles. The van der Waals surface area contributed by atoms with Gasteiger partial charge >= 0.3 is 5.97 Å². The number of esters is 1. The van der Waals surface area contributed by atoms with Crippen LogP contribution in [0.15, 0.2) is 24.5 Å². The summed E-state index contributed by atoms with van der Waals surface area (Å²) in [7, 11) is 0. The maximum Gasteiger partial charge on any atom is 0.334 e. The van der Waals surface area contributed by atoms with Crippen LogP contribution >= 0.6 is 0 Å². The van der Waals surface area contributed by atoms with E-state index in [1.807, 2.05) is 0 Å². The maximum atomic E-state index is 10.7. The molecule has 0 spiro atoms. The monoisotopic (exact) mass is 170 g/mol. The first-order valence-corrected chi connectivity index (χ1v) is 3.88. The van der Waals surface area contributed by atoms with Crippen LogP contribution in [-0.4, -0.2) is 17.7 Å². The number of hydrogen-bond donors (Lipinski definition) is 1. The van der Waals surface area contributed by atoms with Crippen molar-refractivity contribution in [2.45, 2.75) is 19.8 Å². The Morgan fingerprint density at radius 3 is 2.83 bits per heavy atom. The zero-order valence-corrected chi connectivity index (χ0v) is 7.25. The molecule has 0 saturated carbocycles. The highest BCUT2D eigenvalue weighted by Crippen LogP contribution is 2.01. The second-order valence-corrected chi connectivity index (χ2v) is 2.22. The number of aliphatic hydroxyl groups excluding tert-OH is 1. The predicted octanol–water partition coefficient (Wildman–Crippen LogP) is 1.96. The van der Waals surface area contributed by atoms with E-state index >= 15 is 0 Å². The lowest BCUT2D eigenvalue weighted by Gasteiger charge is -1.97. The molecular formula is C9H14O3. The minimum atomic E-state index is -0.501. The quantitative estimate of drug-likeness (QED) is 0.297. The normalized spacial score (nSPS) is 10.9. The summed E-state index contributed by atoms with van der Waals surface area (Å²) in [6.07, 6.45) is 3.85. The average molecular weight is 170 g/mol. The van der Waals surface area contributed by atoms with E-state index in [9.17, 15) is 4.79 Å². The maximum absolute atomic E-state index is 10.7. The Hall–Kier alpha value is -1.25. The van der Waals surface area contributed by atoms with Crippen LogP contribution in [0.5, 0.6) is 0 Å². The largest absolute Gasteiger partial charge is 0.512 e. The molecule has 0 unspecified atom stereocenters.